The summed E-state index contributed by atoms with van der Waals surface area (Å²) in [4.78, 5) is 24.2. The van der Waals surface area contributed by atoms with Crippen LogP contribution in [0.3, 0.4) is 0 Å². The normalized spacial score (nSPS) is 12.0. The molecule has 1 aromatic carbocycles. The third kappa shape index (κ3) is 5.65. The fourth-order valence-corrected chi connectivity index (χ4v) is 3.59. The maximum Gasteiger partial charge on any atom is 0.413 e. The molecule has 3 heterocycles. The molecular formula is C23H27F2N7O3. The van der Waals surface area contributed by atoms with Crippen LogP contribution in [0, 0.1) is 0 Å². The summed E-state index contributed by atoms with van der Waals surface area (Å²) in [6.07, 6.45) is 3.21. The Morgan fingerprint density at radius 2 is 2.09 bits per heavy atom. The molecule has 3 N–H and O–H groups in total. The minimum atomic E-state index is -2.95. The molecule has 0 aliphatic carbocycles. The average molecular weight is 488 g/mol. The fourth-order valence-electron chi connectivity index (χ4n) is 3.59. The van der Waals surface area contributed by atoms with Crippen LogP contribution < -0.4 is 20.1 Å². The molecule has 0 unspecified atom stereocenters. The standard InChI is InChI=1S/C23H27F2N7O3/c1-23(2,3)30-22(33)35-17-12-28-20-19(17)29-15(11-27-20)18-14-10-13(34-21(24)25)6-7-16(14)32(31-18)9-5-8-26-4/h6-7,10-12,21,26H,5,8-9H2,1-4H3,(H,27,28)(H,30,33). The topological polar surface area (TPSA) is 119 Å². The predicted octanol–water partition coefficient (Wildman–Crippen LogP) is 4.07. The molecule has 186 valence electrons. The van der Waals surface area contributed by atoms with Gasteiger partial charge in [-0.15, -0.1) is 0 Å². The zero-order valence-electron chi connectivity index (χ0n) is 19.9. The average Bonchev–Trinajstić information content (AvgIpc) is 3.33. The first-order valence-electron chi connectivity index (χ1n) is 11.1. The van der Waals surface area contributed by atoms with Gasteiger partial charge in [0.05, 0.1) is 11.7 Å². The Morgan fingerprint density at radius 1 is 1.29 bits per heavy atom. The number of alkyl halides is 2. The van der Waals surface area contributed by atoms with E-state index in [1.807, 2.05) is 27.8 Å². The number of ether oxygens (including phenoxy) is 2. The second kappa shape index (κ2) is 9.82. The van der Waals surface area contributed by atoms with Crippen LogP contribution in [0.15, 0.2) is 30.6 Å². The molecule has 10 nitrogen and oxygen atoms in total. The summed E-state index contributed by atoms with van der Waals surface area (Å²) in [5.74, 6) is 0.220. The molecule has 3 aromatic heterocycles. The van der Waals surface area contributed by atoms with Crippen LogP contribution in [0.25, 0.3) is 33.5 Å². The molecule has 0 aliphatic rings. The van der Waals surface area contributed by atoms with E-state index in [0.717, 1.165) is 18.5 Å². The summed E-state index contributed by atoms with van der Waals surface area (Å²) in [7, 11) is 1.86. The van der Waals surface area contributed by atoms with Crippen molar-refractivity contribution < 1.29 is 23.0 Å². The van der Waals surface area contributed by atoms with Gasteiger partial charge in [0.25, 0.3) is 0 Å². The Labute approximate surface area is 200 Å². The first-order valence-corrected chi connectivity index (χ1v) is 11.1. The maximum atomic E-state index is 12.8. The summed E-state index contributed by atoms with van der Waals surface area (Å²) >= 11 is 0. The molecule has 1 amide bonds. The Hall–Kier alpha value is -3.80. The van der Waals surface area contributed by atoms with E-state index >= 15 is 0 Å². The van der Waals surface area contributed by atoms with Gasteiger partial charge in [-0.25, -0.2) is 14.8 Å². The third-order valence-corrected chi connectivity index (χ3v) is 5.01. The van der Waals surface area contributed by atoms with Crippen LogP contribution in [-0.2, 0) is 6.54 Å². The number of halogens is 2. The number of nitrogens with one attached hydrogen (secondary N) is 3. The van der Waals surface area contributed by atoms with Gasteiger partial charge in [-0.05, 0) is 59.0 Å². The fraction of sp³-hybridized carbons (Fsp3) is 0.391. The highest BCUT2D eigenvalue weighted by Crippen LogP contribution is 2.32. The second-order valence-corrected chi connectivity index (χ2v) is 8.96. The number of rotatable bonds is 8. The maximum absolute atomic E-state index is 12.8. The number of fused-ring (bicyclic) bond motifs is 2. The van der Waals surface area contributed by atoms with Crippen molar-refractivity contribution in [3.8, 4) is 22.9 Å². The van der Waals surface area contributed by atoms with Crippen molar-refractivity contribution in [1.29, 1.82) is 0 Å². The lowest BCUT2D eigenvalue weighted by molar-refractivity contribution is -0.0497. The van der Waals surface area contributed by atoms with E-state index in [1.54, 1.807) is 10.7 Å². The molecule has 4 rings (SSSR count). The Morgan fingerprint density at radius 3 is 2.80 bits per heavy atom. The molecule has 0 aliphatic heterocycles. The monoisotopic (exact) mass is 487 g/mol. The summed E-state index contributed by atoms with van der Waals surface area (Å²) in [5.41, 5.74) is 1.87. The second-order valence-electron chi connectivity index (χ2n) is 8.96. The number of hydrogen-bond donors (Lipinski definition) is 3. The summed E-state index contributed by atoms with van der Waals surface area (Å²) in [6.45, 7) is 3.96. The molecule has 35 heavy (non-hydrogen) atoms. The van der Waals surface area contributed by atoms with Crippen molar-refractivity contribution in [1.82, 2.24) is 35.4 Å². The number of aromatic nitrogens is 5. The Bertz CT molecular complexity index is 1340. The quantitative estimate of drug-likeness (QED) is 0.321. The minimum absolute atomic E-state index is 0.0158. The lowest BCUT2D eigenvalue weighted by atomic mass is 10.1. The van der Waals surface area contributed by atoms with Crippen molar-refractivity contribution >= 4 is 28.2 Å². The van der Waals surface area contributed by atoms with Gasteiger partial charge >= 0.3 is 12.7 Å². The largest absolute Gasteiger partial charge is 0.435 e. The Kier molecular flexibility index (Phi) is 6.83. The van der Waals surface area contributed by atoms with E-state index in [0.29, 0.717) is 34.5 Å². The van der Waals surface area contributed by atoms with Crippen LogP contribution in [0.2, 0.25) is 0 Å². The van der Waals surface area contributed by atoms with Gasteiger partial charge in [0.1, 0.15) is 17.1 Å². The Balaban J connectivity index is 1.75. The number of H-pyrrole nitrogens is 1. The van der Waals surface area contributed by atoms with Crippen molar-refractivity contribution in [2.45, 2.75) is 45.9 Å². The highest BCUT2D eigenvalue weighted by Gasteiger charge is 2.20. The van der Waals surface area contributed by atoms with E-state index in [-0.39, 0.29) is 11.5 Å². The summed E-state index contributed by atoms with van der Waals surface area (Å²) < 4.78 is 37.5. The first-order chi connectivity index (χ1) is 16.6. The zero-order chi connectivity index (χ0) is 25.2. The highest BCUT2D eigenvalue weighted by atomic mass is 19.3. The molecule has 0 atom stereocenters. The van der Waals surface area contributed by atoms with Crippen LogP contribution in [0.1, 0.15) is 27.2 Å². The molecule has 0 saturated heterocycles. The molecule has 0 fully saturated rings. The smallest absolute Gasteiger partial charge is 0.413 e. The van der Waals surface area contributed by atoms with Gasteiger partial charge in [0.15, 0.2) is 16.9 Å². The van der Waals surface area contributed by atoms with E-state index in [2.05, 4.69) is 30.3 Å². The number of amides is 1. The van der Waals surface area contributed by atoms with Crippen molar-refractivity contribution in [3.05, 3.63) is 30.6 Å². The summed E-state index contributed by atoms with van der Waals surface area (Å²) in [5, 5.41) is 11.1. The molecule has 0 spiro atoms. The lowest BCUT2D eigenvalue weighted by Crippen LogP contribution is -2.42. The van der Waals surface area contributed by atoms with Crippen molar-refractivity contribution in [3.63, 3.8) is 0 Å². The van der Waals surface area contributed by atoms with Gasteiger partial charge in [-0.2, -0.15) is 13.9 Å². The number of nitrogens with zero attached hydrogens (tertiary/aromatic N) is 4. The first kappa shape index (κ1) is 24.3. The van der Waals surface area contributed by atoms with E-state index in [9.17, 15) is 13.6 Å². The number of aryl methyl sites for hydroxylation is 1. The molecule has 0 bridgehead atoms. The molecule has 0 radical (unpaired) electrons. The number of benzene rings is 1. The van der Waals surface area contributed by atoms with Crippen LogP contribution >= 0.6 is 0 Å². The van der Waals surface area contributed by atoms with Gasteiger partial charge < -0.3 is 25.1 Å². The molecule has 0 saturated carbocycles. The minimum Gasteiger partial charge on any atom is -0.435 e. The summed E-state index contributed by atoms with van der Waals surface area (Å²) in [6, 6.07) is 4.68. The van der Waals surface area contributed by atoms with Gasteiger partial charge in [-0.3, -0.25) is 4.68 Å². The molecule has 12 heteroatoms. The van der Waals surface area contributed by atoms with Gasteiger partial charge in [-0.1, -0.05) is 0 Å². The predicted molar refractivity (Wildman–Crippen MR) is 127 cm³/mol. The van der Waals surface area contributed by atoms with Crippen LogP contribution in [0.4, 0.5) is 13.6 Å². The van der Waals surface area contributed by atoms with Crippen molar-refractivity contribution in [2.75, 3.05) is 13.6 Å². The van der Waals surface area contributed by atoms with Crippen LogP contribution in [-0.4, -0.2) is 56.6 Å². The number of carbonyl (C=O) groups is 1. The van der Waals surface area contributed by atoms with E-state index < -0.39 is 18.2 Å². The van der Waals surface area contributed by atoms with E-state index in [4.69, 9.17) is 9.84 Å². The number of hydrogen-bond acceptors (Lipinski definition) is 7. The lowest BCUT2D eigenvalue weighted by Gasteiger charge is -2.19. The SMILES string of the molecule is CNCCCn1nc(-c2cnc3[nH]cc(OC(=O)NC(C)(C)C)c3n2)c2cc(OC(F)F)ccc21. The third-order valence-electron chi connectivity index (χ3n) is 5.01. The molecule has 4 aromatic rings. The van der Waals surface area contributed by atoms with Crippen LogP contribution in [0.5, 0.6) is 11.5 Å². The number of aromatic amines is 1. The zero-order valence-corrected chi connectivity index (χ0v) is 19.9. The van der Waals surface area contributed by atoms with Gasteiger partial charge in [0, 0.05) is 23.7 Å². The number of carbonyl (C=O) groups excluding carboxylic acids is 1. The highest BCUT2D eigenvalue weighted by molar-refractivity contribution is 5.94. The van der Waals surface area contributed by atoms with E-state index in [1.165, 1.54) is 24.5 Å². The van der Waals surface area contributed by atoms with Gasteiger partial charge in [0.2, 0.25) is 0 Å². The van der Waals surface area contributed by atoms with Crippen molar-refractivity contribution in [2.24, 2.45) is 0 Å². The molecular weight excluding hydrogens is 460 g/mol.